The summed E-state index contributed by atoms with van der Waals surface area (Å²) in [7, 11) is 0. The van der Waals surface area contributed by atoms with Gasteiger partial charge in [0.25, 0.3) is 0 Å². The molecule has 1 heterocycles. The van der Waals surface area contributed by atoms with E-state index in [0.717, 1.165) is 0 Å². The highest BCUT2D eigenvalue weighted by molar-refractivity contribution is 5.89. The van der Waals surface area contributed by atoms with Crippen molar-refractivity contribution in [1.82, 2.24) is 0 Å². The minimum atomic E-state index is -0.698. The van der Waals surface area contributed by atoms with Gasteiger partial charge in [-0.3, -0.25) is 0 Å². The number of benzene rings is 1. The Kier molecular flexibility index (Phi) is 1.82. The maximum atomic E-state index is 11.0. The first-order valence-corrected chi connectivity index (χ1v) is 4.19. The summed E-state index contributed by atoms with van der Waals surface area (Å²) in [6.07, 6.45) is 0. The molecule has 0 spiro atoms. The number of aryl methyl sites for hydroxylation is 1. The van der Waals surface area contributed by atoms with E-state index in [4.69, 9.17) is 4.42 Å². The second-order valence-electron chi connectivity index (χ2n) is 3.22. The van der Waals surface area contributed by atoms with Crippen molar-refractivity contribution in [3.8, 4) is 17.2 Å². The summed E-state index contributed by atoms with van der Waals surface area (Å²) in [6.45, 7) is 1.63. The fourth-order valence-electron chi connectivity index (χ4n) is 1.41. The van der Waals surface area contributed by atoms with E-state index in [2.05, 4.69) is 0 Å². The molecule has 15 heavy (non-hydrogen) atoms. The molecule has 1 aromatic heterocycles. The van der Waals surface area contributed by atoms with Crippen LogP contribution in [0.1, 0.15) is 5.56 Å². The molecule has 0 aliphatic rings. The number of aromatic hydroxyl groups is 3. The van der Waals surface area contributed by atoms with E-state index >= 15 is 0 Å². The lowest BCUT2D eigenvalue weighted by molar-refractivity contribution is 0.365. The van der Waals surface area contributed by atoms with Crippen molar-refractivity contribution in [2.45, 2.75) is 6.92 Å². The SMILES string of the molecule is Cc1cc(=O)oc2c(O)c(O)c(O)cc12. The van der Waals surface area contributed by atoms with Gasteiger partial charge in [-0.25, -0.2) is 4.79 Å². The monoisotopic (exact) mass is 208 g/mol. The normalized spacial score (nSPS) is 10.7. The molecule has 0 bridgehead atoms. The standard InChI is InChI=1S/C10H8O5/c1-4-2-7(12)15-10-5(4)3-6(11)8(13)9(10)14/h2-3,11,13-14H,1H3. The van der Waals surface area contributed by atoms with Crippen molar-refractivity contribution in [2.75, 3.05) is 0 Å². The summed E-state index contributed by atoms with van der Waals surface area (Å²) >= 11 is 0. The van der Waals surface area contributed by atoms with Gasteiger partial charge in [0, 0.05) is 11.5 Å². The summed E-state index contributed by atoms with van der Waals surface area (Å²) < 4.78 is 4.73. The number of phenols is 3. The molecule has 0 radical (unpaired) electrons. The lowest BCUT2D eigenvalue weighted by atomic mass is 10.1. The molecule has 0 amide bonds. The van der Waals surface area contributed by atoms with Crippen molar-refractivity contribution in [3.63, 3.8) is 0 Å². The zero-order valence-electron chi connectivity index (χ0n) is 7.81. The molecule has 0 saturated heterocycles. The minimum Gasteiger partial charge on any atom is -0.504 e. The lowest BCUT2D eigenvalue weighted by Crippen LogP contribution is -1.97. The predicted molar refractivity (Wildman–Crippen MR) is 52.2 cm³/mol. The van der Waals surface area contributed by atoms with Gasteiger partial charge in [0.1, 0.15) is 0 Å². The van der Waals surface area contributed by atoms with Crippen LogP contribution in [0.25, 0.3) is 11.0 Å². The molecule has 5 nitrogen and oxygen atoms in total. The van der Waals surface area contributed by atoms with Crippen LogP contribution in [0.5, 0.6) is 17.2 Å². The number of phenolic OH excluding ortho intramolecular Hbond substituents is 3. The molecule has 3 N–H and O–H groups in total. The van der Waals surface area contributed by atoms with Crippen LogP contribution in [0, 0.1) is 6.92 Å². The van der Waals surface area contributed by atoms with Crippen molar-refractivity contribution in [2.24, 2.45) is 0 Å². The van der Waals surface area contributed by atoms with Gasteiger partial charge in [0.2, 0.25) is 11.5 Å². The van der Waals surface area contributed by atoms with E-state index in [1.54, 1.807) is 6.92 Å². The molecule has 0 aliphatic carbocycles. The van der Waals surface area contributed by atoms with E-state index in [1.807, 2.05) is 0 Å². The largest absolute Gasteiger partial charge is 0.504 e. The summed E-state index contributed by atoms with van der Waals surface area (Å²) in [6, 6.07) is 2.46. The highest BCUT2D eigenvalue weighted by Crippen LogP contribution is 2.41. The smallest absolute Gasteiger partial charge is 0.336 e. The molecule has 2 aromatic rings. The van der Waals surface area contributed by atoms with Crippen LogP contribution >= 0.6 is 0 Å². The van der Waals surface area contributed by atoms with Gasteiger partial charge in [-0.2, -0.15) is 0 Å². The summed E-state index contributed by atoms with van der Waals surface area (Å²) in [5.74, 6) is -1.79. The first-order chi connectivity index (χ1) is 7.00. The molecule has 1 aromatic carbocycles. The van der Waals surface area contributed by atoms with E-state index in [-0.39, 0.29) is 5.58 Å². The Bertz CT molecular complexity index is 597. The third-order valence-corrected chi connectivity index (χ3v) is 2.17. The van der Waals surface area contributed by atoms with E-state index in [1.165, 1.54) is 12.1 Å². The highest BCUT2D eigenvalue weighted by Gasteiger charge is 2.15. The van der Waals surface area contributed by atoms with Gasteiger partial charge in [0.15, 0.2) is 11.3 Å². The third kappa shape index (κ3) is 1.28. The minimum absolute atomic E-state index is 0.129. The Morgan fingerprint density at radius 3 is 2.47 bits per heavy atom. The zero-order valence-corrected chi connectivity index (χ0v) is 7.81. The summed E-state index contributed by atoms with van der Waals surface area (Å²) in [5, 5.41) is 28.3. The number of fused-ring (bicyclic) bond motifs is 1. The van der Waals surface area contributed by atoms with E-state index in [9.17, 15) is 20.1 Å². The molecular formula is C10H8O5. The van der Waals surface area contributed by atoms with Crippen molar-refractivity contribution in [3.05, 3.63) is 28.1 Å². The molecule has 0 atom stereocenters. The second kappa shape index (κ2) is 2.91. The van der Waals surface area contributed by atoms with E-state index < -0.39 is 22.9 Å². The maximum absolute atomic E-state index is 11.0. The van der Waals surface area contributed by atoms with Crippen molar-refractivity contribution in [1.29, 1.82) is 0 Å². The maximum Gasteiger partial charge on any atom is 0.336 e. The Hall–Kier alpha value is -2.17. The average Bonchev–Trinajstić information content (AvgIpc) is 2.17. The Balaban J connectivity index is 3.05. The molecule has 0 fully saturated rings. The van der Waals surface area contributed by atoms with Gasteiger partial charge < -0.3 is 19.7 Å². The molecule has 78 valence electrons. The summed E-state index contributed by atoms with van der Waals surface area (Å²) in [5.41, 5.74) is -0.206. The van der Waals surface area contributed by atoms with Crippen LogP contribution in [0.4, 0.5) is 0 Å². The fraction of sp³-hybridized carbons (Fsp3) is 0.100. The number of rotatable bonds is 0. The Morgan fingerprint density at radius 2 is 1.80 bits per heavy atom. The van der Waals surface area contributed by atoms with Gasteiger partial charge >= 0.3 is 5.63 Å². The van der Waals surface area contributed by atoms with E-state index in [0.29, 0.717) is 10.9 Å². The van der Waals surface area contributed by atoms with Crippen LogP contribution in [0.3, 0.4) is 0 Å². The second-order valence-corrected chi connectivity index (χ2v) is 3.22. The highest BCUT2D eigenvalue weighted by atomic mass is 16.4. The third-order valence-electron chi connectivity index (χ3n) is 2.17. The van der Waals surface area contributed by atoms with Crippen molar-refractivity contribution >= 4 is 11.0 Å². The lowest BCUT2D eigenvalue weighted by Gasteiger charge is -2.05. The Morgan fingerprint density at radius 1 is 1.13 bits per heavy atom. The zero-order chi connectivity index (χ0) is 11.2. The predicted octanol–water partition coefficient (Wildman–Crippen LogP) is 1.22. The van der Waals surface area contributed by atoms with Crippen molar-refractivity contribution < 1.29 is 19.7 Å². The molecule has 2 rings (SSSR count). The van der Waals surface area contributed by atoms with Crippen LogP contribution < -0.4 is 5.63 Å². The molecular weight excluding hydrogens is 200 g/mol. The summed E-state index contributed by atoms with van der Waals surface area (Å²) in [4.78, 5) is 11.0. The number of hydrogen-bond donors (Lipinski definition) is 3. The molecule has 0 saturated carbocycles. The first kappa shape index (κ1) is 9.39. The number of hydrogen-bond acceptors (Lipinski definition) is 5. The van der Waals surface area contributed by atoms with Crippen LogP contribution in [0.15, 0.2) is 21.3 Å². The van der Waals surface area contributed by atoms with Crippen LogP contribution in [0.2, 0.25) is 0 Å². The Labute approximate surface area is 83.8 Å². The van der Waals surface area contributed by atoms with Crippen LogP contribution in [-0.2, 0) is 0 Å². The van der Waals surface area contributed by atoms with Gasteiger partial charge in [-0.15, -0.1) is 0 Å². The first-order valence-electron chi connectivity index (χ1n) is 4.19. The topological polar surface area (TPSA) is 90.9 Å². The fourth-order valence-corrected chi connectivity index (χ4v) is 1.41. The molecule has 0 aliphatic heterocycles. The quantitative estimate of drug-likeness (QED) is 0.447. The average molecular weight is 208 g/mol. The van der Waals surface area contributed by atoms with Crippen LogP contribution in [-0.4, -0.2) is 15.3 Å². The molecule has 5 heteroatoms. The molecule has 0 unspecified atom stereocenters. The van der Waals surface area contributed by atoms with Gasteiger partial charge in [-0.05, 0) is 18.6 Å². The van der Waals surface area contributed by atoms with Gasteiger partial charge in [-0.1, -0.05) is 0 Å². The van der Waals surface area contributed by atoms with Gasteiger partial charge in [0.05, 0.1) is 0 Å².